The summed E-state index contributed by atoms with van der Waals surface area (Å²) >= 11 is 0. The van der Waals surface area contributed by atoms with Crippen molar-refractivity contribution in [2.45, 2.75) is 38.0 Å². The van der Waals surface area contributed by atoms with Crippen LogP contribution < -0.4 is 4.83 Å². The van der Waals surface area contributed by atoms with Crippen LogP contribution in [-0.4, -0.2) is 14.6 Å². The third kappa shape index (κ3) is 5.71. The lowest BCUT2D eigenvalue weighted by Crippen LogP contribution is -2.18. The molecule has 0 amide bonds. The molecule has 26 heavy (non-hydrogen) atoms. The van der Waals surface area contributed by atoms with Crippen molar-refractivity contribution in [1.82, 2.24) is 4.83 Å². The summed E-state index contributed by atoms with van der Waals surface area (Å²) in [5, 5.41) is 3.76. The molecule has 1 N–H and O–H groups in total. The molecule has 0 spiro atoms. The highest BCUT2D eigenvalue weighted by Crippen LogP contribution is 2.11. The molecule has 2 aromatic carbocycles. The van der Waals surface area contributed by atoms with Gasteiger partial charge in [0.25, 0.3) is 10.0 Å². The Kier molecular flexibility index (Phi) is 6.93. The molecular formula is C20H21FN2O2S. The molecule has 0 saturated heterocycles. The van der Waals surface area contributed by atoms with Gasteiger partial charge in [0.1, 0.15) is 5.82 Å². The van der Waals surface area contributed by atoms with E-state index in [4.69, 9.17) is 0 Å². The molecule has 0 aliphatic carbocycles. The third-order valence-corrected chi connectivity index (χ3v) is 4.84. The van der Waals surface area contributed by atoms with Crippen LogP contribution in [0.15, 0.2) is 52.5 Å². The van der Waals surface area contributed by atoms with Crippen molar-refractivity contribution in [3.8, 4) is 11.8 Å². The number of hydrazone groups is 1. The predicted molar refractivity (Wildman–Crippen MR) is 102 cm³/mol. The van der Waals surface area contributed by atoms with Crippen molar-refractivity contribution in [3.05, 3.63) is 65.0 Å². The summed E-state index contributed by atoms with van der Waals surface area (Å²) in [4.78, 5) is 2.25. The average molecular weight is 372 g/mol. The van der Waals surface area contributed by atoms with E-state index in [9.17, 15) is 12.8 Å². The van der Waals surface area contributed by atoms with Gasteiger partial charge in [-0.1, -0.05) is 42.9 Å². The van der Waals surface area contributed by atoms with E-state index in [2.05, 4.69) is 28.7 Å². The molecule has 4 nitrogen and oxygen atoms in total. The van der Waals surface area contributed by atoms with Gasteiger partial charge in [0.05, 0.1) is 11.1 Å². The maximum Gasteiger partial charge on any atom is 0.276 e. The highest BCUT2D eigenvalue weighted by atomic mass is 32.2. The molecule has 0 aliphatic heterocycles. The van der Waals surface area contributed by atoms with Gasteiger partial charge in [-0.05, 0) is 43.7 Å². The highest BCUT2D eigenvalue weighted by molar-refractivity contribution is 7.89. The topological polar surface area (TPSA) is 58.5 Å². The molecule has 2 rings (SSSR count). The van der Waals surface area contributed by atoms with Crippen LogP contribution in [0.1, 0.15) is 42.9 Å². The van der Waals surface area contributed by atoms with Crippen LogP contribution in [0.25, 0.3) is 0 Å². The Balaban J connectivity index is 2.17. The van der Waals surface area contributed by atoms with E-state index >= 15 is 0 Å². The van der Waals surface area contributed by atoms with E-state index in [0.717, 1.165) is 24.8 Å². The van der Waals surface area contributed by atoms with Gasteiger partial charge in [-0.15, -0.1) is 0 Å². The summed E-state index contributed by atoms with van der Waals surface area (Å²) in [6, 6.07) is 10.6. The zero-order chi connectivity index (χ0) is 19.0. The number of hydrogen-bond donors (Lipinski definition) is 1. The monoisotopic (exact) mass is 372 g/mol. The number of unbranched alkanes of at least 4 members (excludes halogenated alkanes) is 2. The first kappa shape index (κ1) is 19.7. The highest BCUT2D eigenvalue weighted by Gasteiger charge is 2.11. The van der Waals surface area contributed by atoms with E-state index in [1.807, 2.05) is 6.92 Å². The average Bonchev–Trinajstić information content (AvgIpc) is 2.60. The van der Waals surface area contributed by atoms with Gasteiger partial charge in [0, 0.05) is 17.5 Å². The van der Waals surface area contributed by atoms with Crippen LogP contribution in [0.3, 0.4) is 0 Å². The molecule has 0 fully saturated rings. The molecule has 2 aromatic rings. The van der Waals surface area contributed by atoms with Gasteiger partial charge < -0.3 is 0 Å². The summed E-state index contributed by atoms with van der Waals surface area (Å²) in [6.07, 6.45) is 4.06. The second-order valence-corrected chi connectivity index (χ2v) is 7.46. The van der Waals surface area contributed by atoms with Gasteiger partial charge in [0.15, 0.2) is 0 Å². The first-order valence-electron chi connectivity index (χ1n) is 8.32. The fraction of sp³-hybridized carbons (Fsp3) is 0.250. The van der Waals surface area contributed by atoms with E-state index in [-0.39, 0.29) is 4.90 Å². The first-order chi connectivity index (χ1) is 12.4. The third-order valence-electron chi connectivity index (χ3n) is 3.60. The van der Waals surface area contributed by atoms with Crippen molar-refractivity contribution in [2.24, 2.45) is 5.10 Å². The van der Waals surface area contributed by atoms with Gasteiger partial charge in [0.2, 0.25) is 0 Å². The molecule has 136 valence electrons. The predicted octanol–water partition coefficient (Wildman–Crippen LogP) is 3.99. The van der Waals surface area contributed by atoms with Crippen LogP contribution in [0, 0.1) is 24.6 Å². The van der Waals surface area contributed by atoms with Crippen molar-refractivity contribution >= 4 is 16.2 Å². The van der Waals surface area contributed by atoms with E-state index in [1.165, 1.54) is 30.5 Å². The summed E-state index contributed by atoms with van der Waals surface area (Å²) in [5.41, 5.74) is 1.97. The summed E-state index contributed by atoms with van der Waals surface area (Å²) in [5.74, 6) is 5.57. The standard InChI is InChI=1S/C20H21FN2O2S/c1-3-4-5-6-7-17-10-11-19(21)14-18(17)15-22-23-26(24,25)20-12-8-16(2)9-13-20/h8-15,23H,3-5H2,1-2H3/b22-15+. The Morgan fingerprint density at radius 2 is 1.92 bits per heavy atom. The summed E-state index contributed by atoms with van der Waals surface area (Å²) in [7, 11) is -3.77. The minimum absolute atomic E-state index is 0.110. The van der Waals surface area contributed by atoms with Crippen LogP contribution in [0.4, 0.5) is 4.39 Å². The molecule has 0 unspecified atom stereocenters. The number of halogens is 1. The number of aryl methyl sites for hydroxylation is 1. The fourth-order valence-electron chi connectivity index (χ4n) is 2.11. The molecule has 0 radical (unpaired) electrons. The molecule has 0 aliphatic rings. The van der Waals surface area contributed by atoms with Gasteiger partial charge in [-0.2, -0.15) is 13.5 Å². The summed E-state index contributed by atoms with van der Waals surface area (Å²) in [6.45, 7) is 3.95. The molecule has 0 heterocycles. The van der Waals surface area contributed by atoms with E-state index in [0.29, 0.717) is 11.1 Å². The molecule has 0 bridgehead atoms. The van der Waals surface area contributed by atoms with Gasteiger partial charge >= 0.3 is 0 Å². The smallest absolute Gasteiger partial charge is 0.207 e. The summed E-state index contributed by atoms with van der Waals surface area (Å²) < 4.78 is 37.9. The number of rotatable bonds is 6. The minimum atomic E-state index is -3.77. The van der Waals surface area contributed by atoms with Crippen molar-refractivity contribution in [3.63, 3.8) is 0 Å². The van der Waals surface area contributed by atoms with Crippen molar-refractivity contribution in [2.75, 3.05) is 0 Å². The second kappa shape index (κ2) is 9.16. The number of benzene rings is 2. The van der Waals surface area contributed by atoms with E-state index < -0.39 is 15.8 Å². The number of nitrogens with one attached hydrogen (secondary N) is 1. The maximum absolute atomic E-state index is 13.5. The fourth-order valence-corrected chi connectivity index (χ4v) is 2.90. The zero-order valence-corrected chi connectivity index (χ0v) is 15.6. The molecule has 6 heteroatoms. The molecular weight excluding hydrogens is 351 g/mol. The van der Waals surface area contributed by atoms with Crippen LogP contribution in [0.2, 0.25) is 0 Å². The Hall–Kier alpha value is -2.65. The maximum atomic E-state index is 13.5. The molecule has 0 aromatic heterocycles. The van der Waals surface area contributed by atoms with Gasteiger partial charge in [-0.3, -0.25) is 0 Å². The first-order valence-corrected chi connectivity index (χ1v) is 9.80. The van der Waals surface area contributed by atoms with Crippen molar-refractivity contribution in [1.29, 1.82) is 0 Å². The second-order valence-electron chi connectivity index (χ2n) is 5.80. The van der Waals surface area contributed by atoms with E-state index in [1.54, 1.807) is 18.2 Å². The zero-order valence-electron chi connectivity index (χ0n) is 14.8. The van der Waals surface area contributed by atoms with Crippen LogP contribution in [-0.2, 0) is 10.0 Å². The lowest BCUT2D eigenvalue weighted by molar-refractivity contribution is 0.584. The van der Waals surface area contributed by atoms with Gasteiger partial charge in [-0.25, -0.2) is 9.22 Å². The normalized spacial score (nSPS) is 11.2. The Bertz CT molecular complexity index is 940. The molecule has 0 saturated carbocycles. The SMILES string of the molecule is CCCCC#Cc1ccc(F)cc1/C=N/NS(=O)(=O)c1ccc(C)cc1. The largest absolute Gasteiger partial charge is 0.276 e. The number of sulfonamides is 1. The number of hydrogen-bond acceptors (Lipinski definition) is 3. The molecule has 0 atom stereocenters. The lowest BCUT2D eigenvalue weighted by atomic mass is 10.1. The number of nitrogens with zero attached hydrogens (tertiary/aromatic N) is 1. The quantitative estimate of drug-likeness (QED) is 0.361. The Morgan fingerprint density at radius 1 is 1.19 bits per heavy atom. The van der Waals surface area contributed by atoms with Crippen molar-refractivity contribution < 1.29 is 12.8 Å². The van der Waals surface area contributed by atoms with Crippen LogP contribution in [0.5, 0.6) is 0 Å². The Labute approximate surface area is 154 Å². The Morgan fingerprint density at radius 3 is 2.62 bits per heavy atom. The van der Waals surface area contributed by atoms with Crippen LogP contribution >= 0.6 is 0 Å². The minimum Gasteiger partial charge on any atom is -0.207 e. The lowest BCUT2D eigenvalue weighted by Gasteiger charge is -2.04.